The van der Waals surface area contributed by atoms with E-state index in [4.69, 9.17) is 0 Å². The van der Waals surface area contributed by atoms with Crippen LogP contribution in [0.1, 0.15) is 24.2 Å². The van der Waals surface area contributed by atoms with Crippen molar-refractivity contribution in [1.82, 2.24) is 28.8 Å². The number of thiophene rings is 1. The van der Waals surface area contributed by atoms with Gasteiger partial charge in [-0.15, -0.1) is 21.5 Å². The number of likely N-dealkylation sites (tertiary alicyclic amines) is 1. The number of nitrogens with zero attached hydrogens (tertiary/aromatic N) is 5. The molecule has 1 atom stereocenters. The summed E-state index contributed by atoms with van der Waals surface area (Å²) >= 11 is 1.42. The molecular weight excluding hydrogens is 460 g/mol. The Kier molecular flexibility index (Phi) is 5.81. The van der Waals surface area contributed by atoms with Gasteiger partial charge in [0.2, 0.25) is 15.8 Å². The van der Waals surface area contributed by atoms with E-state index in [0.717, 1.165) is 42.8 Å². The quantitative estimate of drug-likeness (QED) is 0.448. The molecule has 11 heteroatoms. The normalized spacial score (nSPS) is 17.8. The van der Waals surface area contributed by atoms with Gasteiger partial charge in [-0.25, -0.2) is 13.1 Å². The molecule has 33 heavy (non-hydrogen) atoms. The van der Waals surface area contributed by atoms with Crippen molar-refractivity contribution >= 4 is 37.4 Å². The van der Waals surface area contributed by atoms with Crippen molar-refractivity contribution in [2.45, 2.75) is 31.2 Å². The fraction of sp³-hybridized carbons (Fsp3) is 0.409. The Morgan fingerprint density at radius 3 is 2.76 bits per heavy atom. The molecule has 1 aliphatic heterocycles. The van der Waals surface area contributed by atoms with Gasteiger partial charge in [0.15, 0.2) is 5.82 Å². The summed E-state index contributed by atoms with van der Waals surface area (Å²) in [6.07, 6.45) is 1.96. The molecule has 1 saturated heterocycles. The van der Waals surface area contributed by atoms with E-state index in [2.05, 4.69) is 19.8 Å². The lowest BCUT2D eigenvalue weighted by Gasteiger charge is -2.32. The monoisotopic (exact) mass is 486 g/mol. The van der Waals surface area contributed by atoms with Crippen LogP contribution in [0.15, 0.2) is 45.4 Å². The van der Waals surface area contributed by atoms with Gasteiger partial charge < -0.3 is 0 Å². The van der Waals surface area contributed by atoms with E-state index in [-0.39, 0.29) is 11.5 Å². The third-order valence-corrected chi connectivity index (χ3v) is 8.59. The largest absolute Gasteiger partial charge is 0.296 e. The molecule has 1 unspecified atom stereocenters. The number of aryl methyl sites for hydroxylation is 2. The first-order valence-electron chi connectivity index (χ1n) is 10.9. The first kappa shape index (κ1) is 22.2. The van der Waals surface area contributed by atoms with Crippen LogP contribution in [0.5, 0.6) is 0 Å². The highest BCUT2D eigenvalue weighted by molar-refractivity contribution is 7.89. The minimum atomic E-state index is -3.53. The molecule has 1 N–H and O–H groups in total. The Bertz CT molecular complexity index is 1470. The second-order valence-electron chi connectivity index (χ2n) is 8.66. The lowest BCUT2D eigenvalue weighted by Crippen LogP contribution is -2.40. The maximum Gasteiger partial charge on any atom is 0.272 e. The van der Waals surface area contributed by atoms with Gasteiger partial charge in [-0.2, -0.15) is 0 Å². The van der Waals surface area contributed by atoms with Crippen molar-refractivity contribution in [3.8, 4) is 0 Å². The third-order valence-electron chi connectivity index (χ3n) is 6.26. The van der Waals surface area contributed by atoms with E-state index in [1.54, 1.807) is 31.3 Å². The van der Waals surface area contributed by atoms with E-state index in [0.29, 0.717) is 28.5 Å². The molecule has 1 aromatic carbocycles. The van der Waals surface area contributed by atoms with Crippen LogP contribution in [0.3, 0.4) is 0 Å². The van der Waals surface area contributed by atoms with Crippen LogP contribution in [0.25, 0.3) is 16.0 Å². The zero-order valence-electron chi connectivity index (χ0n) is 18.6. The molecule has 4 heterocycles. The molecule has 4 aromatic rings. The summed E-state index contributed by atoms with van der Waals surface area (Å²) in [6.45, 7) is 4.60. The van der Waals surface area contributed by atoms with E-state index in [1.165, 1.54) is 15.9 Å². The molecule has 9 nitrogen and oxygen atoms in total. The molecular formula is C22H26N6O3S2. The van der Waals surface area contributed by atoms with Crippen molar-refractivity contribution < 1.29 is 8.42 Å². The van der Waals surface area contributed by atoms with Gasteiger partial charge >= 0.3 is 0 Å². The van der Waals surface area contributed by atoms with Gasteiger partial charge in [-0.3, -0.25) is 18.7 Å². The van der Waals surface area contributed by atoms with Gasteiger partial charge in [-0.1, -0.05) is 17.7 Å². The summed E-state index contributed by atoms with van der Waals surface area (Å²) < 4.78 is 32.3. The maximum atomic E-state index is 12.7. The summed E-state index contributed by atoms with van der Waals surface area (Å²) in [4.78, 5) is 15.1. The number of hydrogen-bond acceptors (Lipinski definition) is 7. The van der Waals surface area contributed by atoms with Gasteiger partial charge in [0, 0.05) is 20.1 Å². The smallest absolute Gasteiger partial charge is 0.272 e. The van der Waals surface area contributed by atoms with Crippen LogP contribution in [0.4, 0.5) is 0 Å². The molecule has 0 saturated carbocycles. The molecule has 0 amide bonds. The number of aromatic nitrogens is 4. The number of benzene rings is 1. The average molecular weight is 487 g/mol. The van der Waals surface area contributed by atoms with E-state index < -0.39 is 10.0 Å². The molecule has 0 radical (unpaired) electrons. The van der Waals surface area contributed by atoms with Gasteiger partial charge in [-0.05, 0) is 55.8 Å². The minimum absolute atomic E-state index is 0.0645. The number of nitrogens with one attached hydrogen (secondary N) is 1. The summed E-state index contributed by atoms with van der Waals surface area (Å²) in [5.41, 5.74) is 1.79. The Morgan fingerprint density at radius 1 is 1.18 bits per heavy atom. The predicted molar refractivity (Wildman–Crippen MR) is 128 cm³/mol. The predicted octanol–water partition coefficient (Wildman–Crippen LogP) is 2.14. The second kappa shape index (κ2) is 8.64. The van der Waals surface area contributed by atoms with E-state index >= 15 is 0 Å². The Labute approximate surface area is 195 Å². The minimum Gasteiger partial charge on any atom is -0.296 e. The van der Waals surface area contributed by atoms with Crippen LogP contribution in [0.2, 0.25) is 0 Å². The molecule has 0 spiro atoms. The highest BCUT2D eigenvalue weighted by Crippen LogP contribution is 2.22. The summed E-state index contributed by atoms with van der Waals surface area (Å²) in [5, 5.41) is 10.6. The third kappa shape index (κ3) is 4.21. The SMILES string of the molecule is Cc1ccc(S(=O)(=O)NCC2CCCN(Cc3nnc4n(C)c(=O)c5sccc5n34)C2)cc1. The number of hydrogen-bond donors (Lipinski definition) is 1. The van der Waals surface area contributed by atoms with Gasteiger partial charge in [0.25, 0.3) is 5.56 Å². The van der Waals surface area contributed by atoms with Crippen LogP contribution in [0, 0.1) is 12.8 Å². The highest BCUT2D eigenvalue weighted by Gasteiger charge is 2.24. The van der Waals surface area contributed by atoms with E-state index in [9.17, 15) is 13.2 Å². The number of piperidine rings is 1. The zero-order chi connectivity index (χ0) is 23.2. The van der Waals surface area contributed by atoms with Crippen LogP contribution in [-0.4, -0.2) is 52.1 Å². The summed E-state index contributed by atoms with van der Waals surface area (Å²) in [7, 11) is -1.81. The maximum absolute atomic E-state index is 12.7. The van der Waals surface area contributed by atoms with Gasteiger partial charge in [0.1, 0.15) is 4.70 Å². The van der Waals surface area contributed by atoms with Crippen molar-refractivity contribution in [3.63, 3.8) is 0 Å². The molecule has 3 aromatic heterocycles. The number of sulfonamides is 1. The second-order valence-corrected chi connectivity index (χ2v) is 11.3. The van der Waals surface area contributed by atoms with Crippen molar-refractivity contribution in [1.29, 1.82) is 0 Å². The fourth-order valence-corrected chi connectivity index (χ4v) is 6.41. The Hall–Kier alpha value is -2.60. The van der Waals surface area contributed by atoms with Crippen molar-refractivity contribution in [2.75, 3.05) is 19.6 Å². The zero-order valence-corrected chi connectivity index (χ0v) is 20.2. The number of rotatable bonds is 6. The summed E-state index contributed by atoms with van der Waals surface area (Å²) in [5.74, 6) is 1.52. The number of fused-ring (bicyclic) bond motifs is 3. The highest BCUT2D eigenvalue weighted by atomic mass is 32.2. The molecule has 0 aliphatic carbocycles. The van der Waals surface area contributed by atoms with E-state index in [1.807, 2.05) is 22.8 Å². The lowest BCUT2D eigenvalue weighted by molar-refractivity contribution is 0.165. The first-order chi connectivity index (χ1) is 15.8. The topological polar surface area (TPSA) is 102 Å². The molecule has 5 rings (SSSR count). The molecule has 1 fully saturated rings. The lowest BCUT2D eigenvalue weighted by atomic mass is 9.98. The first-order valence-corrected chi connectivity index (χ1v) is 13.3. The fourth-order valence-electron chi connectivity index (χ4n) is 4.45. The Balaban J connectivity index is 1.31. The summed E-state index contributed by atoms with van der Waals surface area (Å²) in [6, 6.07) is 8.82. The average Bonchev–Trinajstić information content (AvgIpc) is 3.44. The van der Waals surface area contributed by atoms with Gasteiger partial charge in [0.05, 0.1) is 17.0 Å². The Morgan fingerprint density at radius 2 is 1.97 bits per heavy atom. The van der Waals surface area contributed by atoms with Crippen LogP contribution >= 0.6 is 11.3 Å². The van der Waals surface area contributed by atoms with Crippen molar-refractivity contribution in [2.24, 2.45) is 13.0 Å². The molecule has 0 bridgehead atoms. The van der Waals surface area contributed by atoms with Crippen molar-refractivity contribution in [3.05, 3.63) is 57.5 Å². The standard InChI is InChI=1S/C22H26N6O3S2/c1-15-5-7-17(8-6-15)33(30,31)23-12-16-4-3-10-27(13-16)14-19-24-25-22-26(2)21(29)20-18(28(19)22)9-11-32-20/h5-9,11,16,23H,3-4,10,12-14H2,1-2H3. The molecule has 174 valence electrons. The van der Waals surface area contributed by atoms with Crippen LogP contribution in [-0.2, 0) is 23.6 Å². The van der Waals surface area contributed by atoms with Crippen LogP contribution < -0.4 is 10.3 Å². The molecule has 1 aliphatic rings.